The summed E-state index contributed by atoms with van der Waals surface area (Å²) in [6.07, 6.45) is 1.71. The first-order valence-electron chi connectivity index (χ1n) is 5.69. The third-order valence-electron chi connectivity index (χ3n) is 2.36. The van der Waals surface area contributed by atoms with Gasteiger partial charge in [-0.25, -0.2) is 13.1 Å². The summed E-state index contributed by atoms with van der Waals surface area (Å²) in [5.74, 6) is -0.0569. The maximum absolute atomic E-state index is 11.9. The highest BCUT2D eigenvalue weighted by Gasteiger charge is 2.17. The van der Waals surface area contributed by atoms with Gasteiger partial charge in [0, 0.05) is 12.5 Å². The third-order valence-corrected chi connectivity index (χ3v) is 3.73. The van der Waals surface area contributed by atoms with Crippen LogP contribution in [0.15, 0.2) is 29.2 Å². The largest absolute Gasteiger partial charge is 0.497 e. The number of benzene rings is 1. The van der Waals surface area contributed by atoms with Gasteiger partial charge in [0.15, 0.2) is 0 Å². The predicted octanol–water partition coefficient (Wildman–Crippen LogP) is 1.69. The quantitative estimate of drug-likeness (QED) is 0.854. The second kappa shape index (κ2) is 6.39. The molecule has 1 amide bonds. The van der Waals surface area contributed by atoms with Crippen molar-refractivity contribution in [2.75, 3.05) is 7.11 Å². The van der Waals surface area contributed by atoms with Crippen molar-refractivity contribution in [3.63, 3.8) is 0 Å². The van der Waals surface area contributed by atoms with Crippen LogP contribution in [-0.2, 0) is 14.8 Å². The van der Waals surface area contributed by atoms with Gasteiger partial charge in [0.25, 0.3) is 10.0 Å². The van der Waals surface area contributed by atoms with E-state index in [0.29, 0.717) is 12.2 Å². The Labute approximate surface area is 107 Å². The maximum Gasteiger partial charge on any atom is 0.264 e. The van der Waals surface area contributed by atoms with Crippen molar-refractivity contribution in [3.8, 4) is 5.75 Å². The van der Waals surface area contributed by atoms with Crippen molar-refractivity contribution in [2.24, 2.45) is 0 Å². The molecule has 0 heterocycles. The highest BCUT2D eigenvalue weighted by molar-refractivity contribution is 7.90. The number of hydrogen-bond donors (Lipinski definition) is 1. The first kappa shape index (κ1) is 14.5. The van der Waals surface area contributed by atoms with Gasteiger partial charge in [-0.15, -0.1) is 0 Å². The summed E-state index contributed by atoms with van der Waals surface area (Å²) in [7, 11) is -2.35. The van der Waals surface area contributed by atoms with Crippen LogP contribution in [0.4, 0.5) is 0 Å². The fraction of sp³-hybridized carbons (Fsp3) is 0.417. The number of ether oxygens (including phenoxy) is 1. The molecule has 0 saturated heterocycles. The lowest BCUT2D eigenvalue weighted by atomic mass is 10.2. The molecule has 1 aromatic carbocycles. The van der Waals surface area contributed by atoms with Crippen LogP contribution in [0.3, 0.4) is 0 Å². The molecular weight excluding hydrogens is 254 g/mol. The summed E-state index contributed by atoms with van der Waals surface area (Å²) in [4.78, 5) is 11.4. The van der Waals surface area contributed by atoms with E-state index in [4.69, 9.17) is 4.74 Å². The Morgan fingerprint density at radius 2 is 2.11 bits per heavy atom. The molecule has 100 valence electrons. The van der Waals surface area contributed by atoms with Crippen molar-refractivity contribution in [2.45, 2.75) is 31.1 Å². The Hall–Kier alpha value is -1.56. The summed E-state index contributed by atoms with van der Waals surface area (Å²) in [6.45, 7) is 1.93. The van der Waals surface area contributed by atoms with E-state index in [0.717, 1.165) is 6.42 Å². The average Bonchev–Trinajstić information content (AvgIpc) is 2.36. The van der Waals surface area contributed by atoms with Crippen molar-refractivity contribution in [3.05, 3.63) is 24.3 Å². The molecule has 0 bridgehead atoms. The van der Waals surface area contributed by atoms with Crippen LogP contribution in [0, 0.1) is 0 Å². The van der Waals surface area contributed by atoms with E-state index in [1.807, 2.05) is 11.6 Å². The van der Waals surface area contributed by atoms with Crippen LogP contribution in [-0.4, -0.2) is 21.4 Å². The van der Waals surface area contributed by atoms with Gasteiger partial charge < -0.3 is 4.74 Å². The summed E-state index contributed by atoms with van der Waals surface area (Å²) in [5, 5.41) is 0. The number of amides is 1. The Kier molecular flexibility index (Phi) is 5.15. The lowest BCUT2D eigenvalue weighted by Crippen LogP contribution is -2.30. The monoisotopic (exact) mass is 271 g/mol. The number of carbonyl (C=O) groups excluding carboxylic acids is 1. The predicted molar refractivity (Wildman–Crippen MR) is 67.8 cm³/mol. The SMILES string of the molecule is CCCCC(=O)NS(=O)(=O)c1cccc(OC)c1. The molecule has 0 fully saturated rings. The maximum atomic E-state index is 11.9. The van der Waals surface area contributed by atoms with E-state index < -0.39 is 15.9 Å². The molecular formula is C12H17NO4S. The van der Waals surface area contributed by atoms with Crippen molar-refractivity contribution in [1.29, 1.82) is 0 Å². The minimum atomic E-state index is -3.80. The molecule has 1 aromatic rings. The molecule has 0 spiro atoms. The number of unbranched alkanes of at least 4 members (excludes halogenated alkanes) is 1. The molecule has 6 heteroatoms. The standard InChI is InChI=1S/C12H17NO4S/c1-3-4-8-12(14)13-18(15,16)11-7-5-6-10(9-11)17-2/h5-7,9H,3-4,8H2,1-2H3,(H,13,14). The van der Waals surface area contributed by atoms with E-state index in [2.05, 4.69) is 0 Å². The van der Waals surface area contributed by atoms with Crippen molar-refractivity contribution in [1.82, 2.24) is 4.72 Å². The number of hydrogen-bond acceptors (Lipinski definition) is 4. The molecule has 0 unspecified atom stereocenters. The smallest absolute Gasteiger partial charge is 0.264 e. The van der Waals surface area contributed by atoms with Crippen LogP contribution in [0.2, 0.25) is 0 Å². The Bertz CT molecular complexity index is 511. The molecule has 1 N–H and O–H groups in total. The van der Waals surface area contributed by atoms with Gasteiger partial charge in [0.2, 0.25) is 5.91 Å². The number of sulfonamides is 1. The normalized spacial score (nSPS) is 11.0. The Morgan fingerprint density at radius 3 is 2.72 bits per heavy atom. The van der Waals surface area contributed by atoms with Crippen LogP contribution in [0.1, 0.15) is 26.2 Å². The Morgan fingerprint density at radius 1 is 1.39 bits per heavy atom. The summed E-state index contributed by atoms with van der Waals surface area (Å²) in [5.41, 5.74) is 0. The molecule has 0 aromatic heterocycles. The molecule has 0 radical (unpaired) electrons. The number of methoxy groups -OCH3 is 1. The molecule has 0 saturated carbocycles. The third kappa shape index (κ3) is 4.03. The molecule has 0 aliphatic carbocycles. The number of nitrogens with one attached hydrogen (secondary N) is 1. The van der Waals surface area contributed by atoms with Gasteiger partial charge >= 0.3 is 0 Å². The minimum absolute atomic E-state index is 0.0201. The van der Waals surface area contributed by atoms with Gasteiger partial charge in [0.05, 0.1) is 12.0 Å². The van der Waals surface area contributed by atoms with E-state index in [-0.39, 0.29) is 11.3 Å². The van der Waals surface area contributed by atoms with E-state index in [9.17, 15) is 13.2 Å². The molecule has 0 aliphatic rings. The Balaban J connectivity index is 2.82. The van der Waals surface area contributed by atoms with Gasteiger partial charge in [-0.1, -0.05) is 19.4 Å². The zero-order valence-corrected chi connectivity index (χ0v) is 11.3. The lowest BCUT2D eigenvalue weighted by Gasteiger charge is -2.07. The van der Waals surface area contributed by atoms with Gasteiger partial charge in [-0.2, -0.15) is 0 Å². The van der Waals surface area contributed by atoms with Gasteiger partial charge in [0.1, 0.15) is 5.75 Å². The van der Waals surface area contributed by atoms with Crippen LogP contribution < -0.4 is 9.46 Å². The zero-order valence-electron chi connectivity index (χ0n) is 10.5. The highest BCUT2D eigenvalue weighted by Crippen LogP contribution is 2.16. The number of carbonyl (C=O) groups is 1. The second-order valence-electron chi connectivity index (χ2n) is 3.81. The molecule has 0 atom stereocenters. The van der Waals surface area contributed by atoms with E-state index in [1.54, 1.807) is 12.1 Å². The van der Waals surface area contributed by atoms with Crippen LogP contribution >= 0.6 is 0 Å². The summed E-state index contributed by atoms with van der Waals surface area (Å²) in [6, 6.07) is 5.98. The fourth-order valence-corrected chi connectivity index (χ4v) is 2.41. The van der Waals surface area contributed by atoms with Crippen molar-refractivity contribution >= 4 is 15.9 Å². The summed E-state index contributed by atoms with van der Waals surface area (Å²) < 4.78 is 30.8. The van der Waals surface area contributed by atoms with E-state index >= 15 is 0 Å². The topological polar surface area (TPSA) is 72.5 Å². The molecule has 0 aliphatic heterocycles. The van der Waals surface area contributed by atoms with Crippen molar-refractivity contribution < 1.29 is 17.9 Å². The highest BCUT2D eigenvalue weighted by atomic mass is 32.2. The second-order valence-corrected chi connectivity index (χ2v) is 5.49. The van der Waals surface area contributed by atoms with E-state index in [1.165, 1.54) is 19.2 Å². The summed E-state index contributed by atoms with van der Waals surface area (Å²) >= 11 is 0. The fourth-order valence-electron chi connectivity index (χ4n) is 1.37. The lowest BCUT2D eigenvalue weighted by molar-refractivity contribution is -0.119. The van der Waals surface area contributed by atoms with Crippen LogP contribution in [0.5, 0.6) is 5.75 Å². The first-order valence-corrected chi connectivity index (χ1v) is 7.17. The van der Waals surface area contributed by atoms with Crippen LogP contribution in [0.25, 0.3) is 0 Å². The average molecular weight is 271 g/mol. The van der Waals surface area contributed by atoms with Gasteiger partial charge in [-0.05, 0) is 18.6 Å². The minimum Gasteiger partial charge on any atom is -0.497 e. The number of rotatable bonds is 6. The van der Waals surface area contributed by atoms with Gasteiger partial charge in [-0.3, -0.25) is 4.79 Å². The molecule has 1 rings (SSSR count). The molecule has 18 heavy (non-hydrogen) atoms. The zero-order chi connectivity index (χ0) is 13.6. The molecule has 5 nitrogen and oxygen atoms in total. The first-order chi connectivity index (χ1) is 8.49.